The molecule has 1 aliphatic rings. The van der Waals surface area contributed by atoms with Gasteiger partial charge in [-0.25, -0.2) is 9.78 Å². The lowest BCUT2D eigenvalue weighted by atomic mass is 10.2. The summed E-state index contributed by atoms with van der Waals surface area (Å²) in [7, 11) is 1.43. The van der Waals surface area contributed by atoms with Crippen molar-refractivity contribution in [1.82, 2.24) is 4.98 Å². The first kappa shape index (κ1) is 10.9. The van der Waals surface area contributed by atoms with Crippen molar-refractivity contribution >= 4 is 11.8 Å². The summed E-state index contributed by atoms with van der Waals surface area (Å²) >= 11 is 0. The molecule has 86 valence electrons. The summed E-state index contributed by atoms with van der Waals surface area (Å²) in [6.45, 7) is 2.89. The predicted octanol–water partition coefficient (Wildman–Crippen LogP) is 1.53. The fourth-order valence-corrected chi connectivity index (χ4v) is 2.10. The van der Waals surface area contributed by atoms with Gasteiger partial charge in [0, 0.05) is 12.7 Å². The average Bonchev–Trinajstić information content (AvgIpc) is 2.77. The second-order valence-electron chi connectivity index (χ2n) is 4.07. The number of carbonyl (C=O) groups excluding carboxylic acids is 1. The monoisotopic (exact) mass is 220 g/mol. The van der Waals surface area contributed by atoms with Crippen LogP contribution in [0.1, 0.15) is 18.4 Å². The summed E-state index contributed by atoms with van der Waals surface area (Å²) < 4.78 is 4.81. The Morgan fingerprint density at radius 2 is 2.44 bits per heavy atom. The van der Waals surface area contributed by atoms with Crippen molar-refractivity contribution in [2.75, 3.05) is 18.6 Å². The minimum atomic E-state index is -0.167. The Bertz CT molecular complexity index is 392. The number of rotatable bonds is 2. The van der Waals surface area contributed by atoms with Crippen LogP contribution in [0.5, 0.6) is 0 Å². The van der Waals surface area contributed by atoms with Crippen LogP contribution in [0.3, 0.4) is 0 Å². The molecule has 1 unspecified atom stereocenters. The van der Waals surface area contributed by atoms with Crippen molar-refractivity contribution in [2.45, 2.75) is 25.8 Å². The number of hydrogen-bond donors (Lipinski definition) is 0. The SMILES string of the molecule is COC(=O)C1CCCN1c1cc(C)ccn1. The molecule has 0 amide bonds. The Balaban J connectivity index is 2.23. The van der Waals surface area contributed by atoms with Crippen LogP contribution in [0.15, 0.2) is 18.3 Å². The van der Waals surface area contributed by atoms with E-state index in [1.54, 1.807) is 6.20 Å². The number of pyridine rings is 1. The lowest BCUT2D eigenvalue weighted by Gasteiger charge is -2.23. The van der Waals surface area contributed by atoms with Crippen molar-refractivity contribution in [1.29, 1.82) is 0 Å². The van der Waals surface area contributed by atoms with Crippen LogP contribution in [0.4, 0.5) is 5.82 Å². The highest BCUT2D eigenvalue weighted by Gasteiger charge is 2.32. The zero-order chi connectivity index (χ0) is 11.5. The molecule has 1 aromatic rings. The number of aromatic nitrogens is 1. The molecule has 16 heavy (non-hydrogen) atoms. The summed E-state index contributed by atoms with van der Waals surface area (Å²) in [6, 6.07) is 3.79. The Labute approximate surface area is 95.2 Å². The van der Waals surface area contributed by atoms with E-state index in [-0.39, 0.29) is 12.0 Å². The van der Waals surface area contributed by atoms with Crippen molar-refractivity contribution in [2.24, 2.45) is 0 Å². The zero-order valence-corrected chi connectivity index (χ0v) is 9.64. The van der Waals surface area contributed by atoms with Gasteiger partial charge in [0.05, 0.1) is 7.11 Å². The quantitative estimate of drug-likeness (QED) is 0.709. The third kappa shape index (κ3) is 2.01. The summed E-state index contributed by atoms with van der Waals surface area (Å²) in [5.74, 6) is 0.703. The molecule has 0 N–H and O–H groups in total. The smallest absolute Gasteiger partial charge is 0.328 e. The van der Waals surface area contributed by atoms with Gasteiger partial charge < -0.3 is 9.64 Å². The van der Waals surface area contributed by atoms with Gasteiger partial charge in [0.1, 0.15) is 11.9 Å². The number of nitrogens with zero attached hydrogens (tertiary/aromatic N) is 2. The molecule has 0 aliphatic carbocycles. The second kappa shape index (κ2) is 4.51. The number of aryl methyl sites for hydroxylation is 1. The number of anilines is 1. The van der Waals surface area contributed by atoms with Crippen LogP contribution >= 0.6 is 0 Å². The van der Waals surface area contributed by atoms with E-state index in [0.29, 0.717) is 0 Å². The van der Waals surface area contributed by atoms with E-state index in [9.17, 15) is 4.79 Å². The van der Waals surface area contributed by atoms with Crippen LogP contribution in [0.2, 0.25) is 0 Å². The summed E-state index contributed by atoms with van der Waals surface area (Å²) in [6.07, 6.45) is 3.63. The van der Waals surface area contributed by atoms with E-state index in [4.69, 9.17) is 4.74 Å². The molecule has 1 saturated heterocycles. The van der Waals surface area contributed by atoms with Crippen molar-refractivity contribution in [3.8, 4) is 0 Å². The Morgan fingerprint density at radius 1 is 1.62 bits per heavy atom. The van der Waals surface area contributed by atoms with Crippen LogP contribution in [0.25, 0.3) is 0 Å². The largest absolute Gasteiger partial charge is 0.467 e. The molecule has 1 aromatic heterocycles. The van der Waals surface area contributed by atoms with Crippen molar-refractivity contribution in [3.63, 3.8) is 0 Å². The molecule has 4 nitrogen and oxygen atoms in total. The highest BCUT2D eigenvalue weighted by Crippen LogP contribution is 2.24. The maximum absolute atomic E-state index is 11.6. The van der Waals surface area contributed by atoms with E-state index >= 15 is 0 Å². The molecule has 1 aliphatic heterocycles. The molecule has 0 saturated carbocycles. The maximum Gasteiger partial charge on any atom is 0.328 e. The molecule has 1 atom stereocenters. The normalized spacial score (nSPS) is 19.9. The predicted molar refractivity (Wildman–Crippen MR) is 61.4 cm³/mol. The van der Waals surface area contributed by atoms with Gasteiger partial charge in [0.25, 0.3) is 0 Å². The standard InChI is InChI=1S/C12H16N2O2/c1-9-5-6-13-11(8-9)14-7-3-4-10(14)12(15)16-2/h5-6,8,10H,3-4,7H2,1-2H3. The van der Waals surface area contributed by atoms with Gasteiger partial charge in [-0.1, -0.05) is 0 Å². The number of carbonyl (C=O) groups is 1. The minimum Gasteiger partial charge on any atom is -0.467 e. The molecule has 2 rings (SSSR count). The average molecular weight is 220 g/mol. The summed E-state index contributed by atoms with van der Waals surface area (Å²) in [5.41, 5.74) is 1.15. The minimum absolute atomic E-state index is 0.166. The van der Waals surface area contributed by atoms with Crippen molar-refractivity contribution < 1.29 is 9.53 Å². The lowest BCUT2D eigenvalue weighted by Crippen LogP contribution is -2.37. The van der Waals surface area contributed by atoms with E-state index < -0.39 is 0 Å². The number of hydrogen-bond acceptors (Lipinski definition) is 4. The first-order chi connectivity index (χ1) is 7.72. The molecule has 0 aromatic carbocycles. The van der Waals surface area contributed by atoms with Crippen LogP contribution in [0, 0.1) is 6.92 Å². The Kier molecular flexibility index (Phi) is 3.08. The molecule has 0 bridgehead atoms. The third-order valence-corrected chi connectivity index (χ3v) is 2.92. The van der Waals surface area contributed by atoms with Crippen LogP contribution in [-0.4, -0.2) is 30.6 Å². The van der Waals surface area contributed by atoms with Gasteiger partial charge in [-0.05, 0) is 37.5 Å². The molecule has 0 radical (unpaired) electrons. The first-order valence-electron chi connectivity index (χ1n) is 5.49. The lowest BCUT2D eigenvalue weighted by molar-refractivity contribution is -0.141. The van der Waals surface area contributed by atoms with Gasteiger partial charge in [0.15, 0.2) is 0 Å². The van der Waals surface area contributed by atoms with Crippen molar-refractivity contribution in [3.05, 3.63) is 23.9 Å². The van der Waals surface area contributed by atoms with Gasteiger partial charge >= 0.3 is 5.97 Å². The van der Waals surface area contributed by atoms with Gasteiger partial charge in [-0.2, -0.15) is 0 Å². The summed E-state index contributed by atoms with van der Waals surface area (Å²) in [4.78, 5) is 17.9. The molecule has 1 fully saturated rings. The summed E-state index contributed by atoms with van der Waals surface area (Å²) in [5, 5.41) is 0. The molecular weight excluding hydrogens is 204 g/mol. The highest BCUT2D eigenvalue weighted by atomic mass is 16.5. The number of methoxy groups -OCH3 is 1. The van der Waals surface area contributed by atoms with Crippen LogP contribution in [-0.2, 0) is 9.53 Å². The van der Waals surface area contributed by atoms with E-state index in [1.807, 2.05) is 24.0 Å². The van der Waals surface area contributed by atoms with Gasteiger partial charge in [0.2, 0.25) is 0 Å². The van der Waals surface area contributed by atoms with Crippen LogP contribution < -0.4 is 4.90 Å². The Hall–Kier alpha value is -1.58. The highest BCUT2D eigenvalue weighted by molar-refractivity contribution is 5.80. The van der Waals surface area contributed by atoms with Gasteiger partial charge in [-0.3, -0.25) is 0 Å². The number of esters is 1. The molecule has 2 heterocycles. The van der Waals surface area contributed by atoms with E-state index in [0.717, 1.165) is 30.8 Å². The van der Waals surface area contributed by atoms with Gasteiger partial charge in [-0.15, -0.1) is 0 Å². The Morgan fingerprint density at radius 3 is 3.12 bits per heavy atom. The topological polar surface area (TPSA) is 42.4 Å². The fraction of sp³-hybridized carbons (Fsp3) is 0.500. The fourth-order valence-electron chi connectivity index (χ4n) is 2.10. The molecular formula is C12H16N2O2. The molecule has 4 heteroatoms. The van der Waals surface area contributed by atoms with E-state index in [2.05, 4.69) is 4.98 Å². The second-order valence-corrected chi connectivity index (χ2v) is 4.07. The van der Waals surface area contributed by atoms with E-state index in [1.165, 1.54) is 7.11 Å². The first-order valence-corrected chi connectivity index (χ1v) is 5.49. The third-order valence-electron chi connectivity index (χ3n) is 2.92. The number of ether oxygens (including phenoxy) is 1. The molecule has 0 spiro atoms. The zero-order valence-electron chi connectivity index (χ0n) is 9.64. The maximum atomic E-state index is 11.6.